The molecule has 0 unspecified atom stereocenters. The molecular formula is C9H11ClO2S. The molecule has 0 radical (unpaired) electrons. The van der Waals surface area contributed by atoms with Crippen molar-refractivity contribution >= 4 is 21.4 Å². The fourth-order valence-electron chi connectivity index (χ4n) is 1.09. The molecule has 0 heterocycles. The molecule has 4 heteroatoms. The minimum absolute atomic E-state index is 0.0260. The van der Waals surface area contributed by atoms with Crippen molar-refractivity contribution in [3.63, 3.8) is 0 Å². The summed E-state index contributed by atoms with van der Waals surface area (Å²) in [6.07, 6.45) is 0. The first-order valence-electron chi connectivity index (χ1n) is 3.85. The van der Waals surface area contributed by atoms with Crippen LogP contribution in [0.2, 0.25) is 0 Å². The number of sulfone groups is 1. The van der Waals surface area contributed by atoms with E-state index in [9.17, 15) is 8.42 Å². The van der Waals surface area contributed by atoms with Crippen LogP contribution in [0.5, 0.6) is 0 Å². The van der Waals surface area contributed by atoms with Crippen LogP contribution >= 0.6 is 11.6 Å². The van der Waals surface area contributed by atoms with Crippen LogP contribution in [0.15, 0.2) is 24.3 Å². The maximum Gasteiger partial charge on any atom is 0.168 e. The van der Waals surface area contributed by atoms with Crippen molar-refractivity contribution in [3.05, 3.63) is 35.4 Å². The zero-order valence-electron chi connectivity index (χ0n) is 7.33. The molecule has 0 bridgehead atoms. The average molecular weight is 219 g/mol. The van der Waals surface area contributed by atoms with Gasteiger partial charge in [0.1, 0.15) is 5.21 Å². The van der Waals surface area contributed by atoms with Crippen LogP contribution in [0.25, 0.3) is 0 Å². The first-order valence-corrected chi connectivity index (χ1v) is 6.21. The van der Waals surface area contributed by atoms with Crippen molar-refractivity contribution in [1.82, 2.24) is 0 Å². The Morgan fingerprint density at radius 1 is 1.38 bits per heavy atom. The Kier molecular flexibility index (Phi) is 3.33. The minimum Gasteiger partial charge on any atom is -0.227 e. The quantitative estimate of drug-likeness (QED) is 0.729. The second kappa shape index (κ2) is 4.11. The highest BCUT2D eigenvalue weighted by atomic mass is 35.5. The molecule has 1 rings (SSSR count). The van der Waals surface area contributed by atoms with Crippen LogP contribution in [0.1, 0.15) is 11.1 Å². The molecule has 0 saturated carbocycles. The molecule has 0 saturated heterocycles. The summed E-state index contributed by atoms with van der Waals surface area (Å²) in [4.78, 5) is 0. The molecule has 0 N–H and O–H groups in total. The van der Waals surface area contributed by atoms with E-state index in [0.29, 0.717) is 0 Å². The molecule has 13 heavy (non-hydrogen) atoms. The van der Waals surface area contributed by atoms with Gasteiger partial charge in [-0.1, -0.05) is 29.8 Å². The second-order valence-corrected chi connectivity index (χ2v) is 5.63. The Balaban J connectivity index is 2.87. The van der Waals surface area contributed by atoms with Crippen molar-refractivity contribution in [1.29, 1.82) is 0 Å². The number of benzene rings is 1. The number of hydrogen-bond acceptors (Lipinski definition) is 2. The van der Waals surface area contributed by atoms with Crippen LogP contribution in [-0.2, 0) is 15.6 Å². The molecule has 0 spiro atoms. The highest BCUT2D eigenvalue weighted by Crippen LogP contribution is 2.09. The van der Waals surface area contributed by atoms with Gasteiger partial charge in [0.15, 0.2) is 9.84 Å². The summed E-state index contributed by atoms with van der Waals surface area (Å²) in [6, 6.07) is 7.41. The van der Waals surface area contributed by atoms with E-state index in [1.165, 1.54) is 0 Å². The van der Waals surface area contributed by atoms with Gasteiger partial charge in [-0.05, 0) is 12.5 Å². The van der Waals surface area contributed by atoms with Gasteiger partial charge in [0.25, 0.3) is 0 Å². The largest absolute Gasteiger partial charge is 0.227 e. The molecule has 0 amide bonds. The van der Waals surface area contributed by atoms with E-state index in [-0.39, 0.29) is 11.0 Å². The Morgan fingerprint density at radius 3 is 2.62 bits per heavy atom. The number of aryl methyl sites for hydroxylation is 1. The monoisotopic (exact) mass is 218 g/mol. The molecule has 1 aromatic carbocycles. The topological polar surface area (TPSA) is 34.1 Å². The van der Waals surface area contributed by atoms with Gasteiger partial charge >= 0.3 is 0 Å². The summed E-state index contributed by atoms with van der Waals surface area (Å²) in [5.41, 5.74) is 1.85. The lowest BCUT2D eigenvalue weighted by atomic mass is 10.2. The Morgan fingerprint density at radius 2 is 2.08 bits per heavy atom. The van der Waals surface area contributed by atoms with Gasteiger partial charge in [-0.3, -0.25) is 0 Å². The summed E-state index contributed by atoms with van der Waals surface area (Å²) < 4.78 is 22.3. The van der Waals surface area contributed by atoms with Crippen LogP contribution in [-0.4, -0.2) is 13.6 Å². The molecule has 72 valence electrons. The third-order valence-corrected chi connectivity index (χ3v) is 3.74. The second-order valence-electron chi connectivity index (χ2n) is 2.99. The van der Waals surface area contributed by atoms with Crippen molar-refractivity contribution < 1.29 is 8.42 Å². The lowest BCUT2D eigenvalue weighted by molar-refractivity contribution is 0.600. The summed E-state index contributed by atoms with van der Waals surface area (Å²) in [5.74, 6) is 0.0260. The minimum atomic E-state index is -3.12. The molecule has 0 aliphatic heterocycles. The first-order chi connectivity index (χ1) is 6.03. The number of rotatable bonds is 3. The summed E-state index contributed by atoms with van der Waals surface area (Å²) in [6.45, 7) is 1.93. The SMILES string of the molecule is Cc1cccc(CS(=O)(=O)CCl)c1. The molecule has 0 atom stereocenters. The number of hydrogen-bond donors (Lipinski definition) is 0. The summed E-state index contributed by atoms with van der Waals surface area (Å²) in [7, 11) is -3.12. The zero-order valence-corrected chi connectivity index (χ0v) is 8.90. The van der Waals surface area contributed by atoms with Gasteiger partial charge in [0, 0.05) is 0 Å². The fraction of sp³-hybridized carbons (Fsp3) is 0.333. The highest BCUT2D eigenvalue weighted by Gasteiger charge is 2.09. The van der Waals surface area contributed by atoms with Crippen LogP contribution in [0.3, 0.4) is 0 Å². The van der Waals surface area contributed by atoms with E-state index in [2.05, 4.69) is 0 Å². The van der Waals surface area contributed by atoms with Crippen LogP contribution in [0.4, 0.5) is 0 Å². The Bertz CT molecular complexity index is 384. The van der Waals surface area contributed by atoms with Crippen molar-refractivity contribution in [3.8, 4) is 0 Å². The zero-order chi connectivity index (χ0) is 9.90. The Hall–Kier alpha value is -0.540. The molecule has 0 aliphatic rings. The molecule has 2 nitrogen and oxygen atoms in total. The molecule has 1 aromatic rings. The highest BCUT2D eigenvalue weighted by molar-refractivity contribution is 7.91. The van der Waals surface area contributed by atoms with Crippen molar-refractivity contribution in [2.45, 2.75) is 12.7 Å². The smallest absolute Gasteiger partial charge is 0.168 e. The Labute approximate surface area is 83.5 Å². The first kappa shape index (κ1) is 10.5. The lowest BCUT2D eigenvalue weighted by Crippen LogP contribution is -2.04. The van der Waals surface area contributed by atoms with Gasteiger partial charge in [-0.2, -0.15) is 0 Å². The predicted molar refractivity (Wildman–Crippen MR) is 54.5 cm³/mol. The molecule has 0 aliphatic carbocycles. The lowest BCUT2D eigenvalue weighted by Gasteiger charge is -2.01. The van der Waals surface area contributed by atoms with E-state index >= 15 is 0 Å². The number of halogens is 1. The van der Waals surface area contributed by atoms with Gasteiger partial charge < -0.3 is 0 Å². The van der Waals surface area contributed by atoms with E-state index in [1.54, 1.807) is 6.07 Å². The van der Waals surface area contributed by atoms with E-state index < -0.39 is 9.84 Å². The van der Waals surface area contributed by atoms with Crippen molar-refractivity contribution in [2.75, 3.05) is 5.21 Å². The molecule has 0 fully saturated rings. The fourth-order valence-corrected chi connectivity index (χ4v) is 2.09. The van der Waals surface area contributed by atoms with Gasteiger partial charge in [-0.25, -0.2) is 8.42 Å². The molecule has 0 aromatic heterocycles. The van der Waals surface area contributed by atoms with E-state index in [1.807, 2.05) is 25.1 Å². The van der Waals surface area contributed by atoms with Gasteiger partial charge in [-0.15, -0.1) is 11.6 Å². The summed E-state index contributed by atoms with van der Waals surface area (Å²) in [5, 5.41) is -0.319. The van der Waals surface area contributed by atoms with Gasteiger partial charge in [0.2, 0.25) is 0 Å². The predicted octanol–water partition coefficient (Wildman–Crippen LogP) is 2.11. The third kappa shape index (κ3) is 3.36. The third-order valence-electron chi connectivity index (χ3n) is 1.64. The van der Waals surface area contributed by atoms with E-state index in [4.69, 9.17) is 11.6 Å². The van der Waals surface area contributed by atoms with Crippen molar-refractivity contribution in [2.24, 2.45) is 0 Å². The van der Waals surface area contributed by atoms with Gasteiger partial charge in [0.05, 0.1) is 5.75 Å². The molecular weight excluding hydrogens is 208 g/mol. The standard InChI is InChI=1S/C9H11ClO2S/c1-8-3-2-4-9(5-8)6-13(11,12)7-10/h2-5H,6-7H2,1H3. The average Bonchev–Trinajstić information content (AvgIpc) is 2.03. The normalized spacial score (nSPS) is 11.5. The van der Waals surface area contributed by atoms with Crippen LogP contribution < -0.4 is 0 Å². The van der Waals surface area contributed by atoms with E-state index in [0.717, 1.165) is 11.1 Å². The summed E-state index contributed by atoms with van der Waals surface area (Å²) >= 11 is 5.29. The maximum atomic E-state index is 11.1. The van der Waals surface area contributed by atoms with Crippen LogP contribution in [0, 0.1) is 6.92 Å². The maximum absolute atomic E-state index is 11.1. The number of alkyl halides is 1.